The number of hydrogen-bond donors (Lipinski definition) is 1. The lowest BCUT2D eigenvalue weighted by atomic mass is 10.1. The molecule has 0 saturated carbocycles. The fourth-order valence-electron chi connectivity index (χ4n) is 2.29. The second-order valence-corrected chi connectivity index (χ2v) is 5.18. The molecule has 1 atom stereocenters. The van der Waals surface area contributed by atoms with Crippen LogP contribution in [0.2, 0.25) is 0 Å². The highest BCUT2D eigenvalue weighted by Gasteiger charge is 2.09. The zero-order valence-electron chi connectivity index (χ0n) is 11.9. The van der Waals surface area contributed by atoms with Crippen LogP contribution in [-0.2, 0) is 13.0 Å². The Bertz CT molecular complexity index is 485. The first-order chi connectivity index (χ1) is 9.74. The summed E-state index contributed by atoms with van der Waals surface area (Å²) in [6.07, 6.45) is 4.32. The standard InChI is InChI=1S/C17H22N2O/c1-15(20)13-19(14-17-5-3-2-4-6-17)12-9-16-7-10-18-11-8-16/h2-8,10-11,15,20H,9,12-14H2,1H3/t15-/m1/s1. The average Bonchev–Trinajstić information content (AvgIpc) is 2.46. The molecule has 2 aromatic rings. The lowest BCUT2D eigenvalue weighted by Crippen LogP contribution is -2.32. The molecule has 3 nitrogen and oxygen atoms in total. The van der Waals surface area contributed by atoms with Crippen LogP contribution in [0.15, 0.2) is 54.9 Å². The molecule has 106 valence electrons. The largest absolute Gasteiger partial charge is 0.392 e. The molecular formula is C17H22N2O. The smallest absolute Gasteiger partial charge is 0.0639 e. The number of nitrogens with zero attached hydrogens (tertiary/aromatic N) is 2. The van der Waals surface area contributed by atoms with Crippen LogP contribution in [0.3, 0.4) is 0 Å². The number of hydrogen-bond acceptors (Lipinski definition) is 3. The zero-order chi connectivity index (χ0) is 14.2. The van der Waals surface area contributed by atoms with Gasteiger partial charge in [0.15, 0.2) is 0 Å². The van der Waals surface area contributed by atoms with Crippen molar-refractivity contribution in [3.63, 3.8) is 0 Å². The lowest BCUT2D eigenvalue weighted by Gasteiger charge is -2.23. The third-order valence-electron chi connectivity index (χ3n) is 3.24. The topological polar surface area (TPSA) is 36.4 Å². The van der Waals surface area contributed by atoms with E-state index in [0.29, 0.717) is 6.54 Å². The molecule has 0 bridgehead atoms. The Morgan fingerprint density at radius 2 is 1.75 bits per heavy atom. The van der Waals surface area contributed by atoms with Crippen LogP contribution in [0.4, 0.5) is 0 Å². The molecule has 0 fully saturated rings. The number of aliphatic hydroxyl groups excluding tert-OH is 1. The second kappa shape index (κ2) is 7.78. The van der Waals surface area contributed by atoms with E-state index in [-0.39, 0.29) is 6.10 Å². The van der Waals surface area contributed by atoms with E-state index in [1.54, 1.807) is 0 Å². The van der Waals surface area contributed by atoms with Crippen LogP contribution in [0, 0.1) is 0 Å². The summed E-state index contributed by atoms with van der Waals surface area (Å²) in [7, 11) is 0. The Morgan fingerprint density at radius 3 is 2.40 bits per heavy atom. The van der Waals surface area contributed by atoms with Gasteiger partial charge in [0.1, 0.15) is 0 Å². The number of pyridine rings is 1. The van der Waals surface area contributed by atoms with Crippen LogP contribution >= 0.6 is 0 Å². The summed E-state index contributed by atoms with van der Waals surface area (Å²) in [6.45, 7) is 4.34. The SMILES string of the molecule is C[C@@H](O)CN(CCc1ccncc1)Cc1ccccc1. The monoisotopic (exact) mass is 270 g/mol. The normalized spacial score (nSPS) is 12.6. The van der Waals surface area contributed by atoms with Crippen molar-refractivity contribution in [2.75, 3.05) is 13.1 Å². The fraction of sp³-hybridized carbons (Fsp3) is 0.353. The van der Waals surface area contributed by atoms with E-state index >= 15 is 0 Å². The zero-order valence-corrected chi connectivity index (χ0v) is 11.9. The predicted molar refractivity (Wildman–Crippen MR) is 81.3 cm³/mol. The van der Waals surface area contributed by atoms with Crippen molar-refractivity contribution in [3.05, 3.63) is 66.0 Å². The summed E-state index contributed by atoms with van der Waals surface area (Å²) in [6, 6.07) is 14.5. The minimum atomic E-state index is -0.309. The van der Waals surface area contributed by atoms with Crippen molar-refractivity contribution in [2.24, 2.45) is 0 Å². The van der Waals surface area contributed by atoms with Gasteiger partial charge >= 0.3 is 0 Å². The predicted octanol–water partition coefficient (Wildman–Crippen LogP) is 2.51. The van der Waals surface area contributed by atoms with Gasteiger partial charge in [-0.1, -0.05) is 30.3 Å². The second-order valence-electron chi connectivity index (χ2n) is 5.18. The molecule has 20 heavy (non-hydrogen) atoms. The van der Waals surface area contributed by atoms with Crippen molar-refractivity contribution in [1.29, 1.82) is 0 Å². The van der Waals surface area contributed by atoms with Gasteiger partial charge in [0.25, 0.3) is 0 Å². The molecule has 1 aromatic heterocycles. The van der Waals surface area contributed by atoms with Gasteiger partial charge in [0.2, 0.25) is 0 Å². The van der Waals surface area contributed by atoms with Gasteiger partial charge in [0, 0.05) is 32.0 Å². The highest BCUT2D eigenvalue weighted by molar-refractivity contribution is 5.15. The van der Waals surface area contributed by atoms with Crippen LogP contribution < -0.4 is 0 Å². The van der Waals surface area contributed by atoms with Gasteiger partial charge < -0.3 is 5.11 Å². The minimum absolute atomic E-state index is 0.309. The molecule has 1 heterocycles. The van der Waals surface area contributed by atoms with E-state index in [4.69, 9.17) is 0 Å². The highest BCUT2D eigenvalue weighted by atomic mass is 16.3. The molecule has 2 rings (SSSR count). The van der Waals surface area contributed by atoms with E-state index in [2.05, 4.69) is 34.1 Å². The first-order valence-electron chi connectivity index (χ1n) is 7.07. The molecule has 0 spiro atoms. The molecular weight excluding hydrogens is 248 g/mol. The maximum atomic E-state index is 9.65. The molecule has 3 heteroatoms. The van der Waals surface area contributed by atoms with Gasteiger partial charge in [-0.15, -0.1) is 0 Å². The van der Waals surface area contributed by atoms with E-state index in [1.165, 1.54) is 11.1 Å². The fourth-order valence-corrected chi connectivity index (χ4v) is 2.29. The molecule has 1 N–H and O–H groups in total. The molecule has 0 amide bonds. The van der Waals surface area contributed by atoms with Crippen LogP contribution in [0.5, 0.6) is 0 Å². The maximum Gasteiger partial charge on any atom is 0.0639 e. The van der Waals surface area contributed by atoms with E-state index in [0.717, 1.165) is 19.5 Å². The van der Waals surface area contributed by atoms with Gasteiger partial charge in [-0.3, -0.25) is 9.88 Å². The maximum absolute atomic E-state index is 9.65. The van der Waals surface area contributed by atoms with Gasteiger partial charge in [0.05, 0.1) is 6.10 Å². The van der Waals surface area contributed by atoms with Crippen molar-refractivity contribution < 1.29 is 5.11 Å². The molecule has 0 aliphatic carbocycles. The van der Waals surface area contributed by atoms with Crippen LogP contribution in [-0.4, -0.2) is 34.2 Å². The minimum Gasteiger partial charge on any atom is -0.392 e. The third kappa shape index (κ3) is 5.11. The first kappa shape index (κ1) is 14.7. The summed E-state index contributed by atoms with van der Waals surface area (Å²) in [5.74, 6) is 0. The third-order valence-corrected chi connectivity index (χ3v) is 3.24. The quantitative estimate of drug-likeness (QED) is 0.840. The Labute approximate surface area is 120 Å². The van der Waals surface area contributed by atoms with Crippen LogP contribution in [0.25, 0.3) is 0 Å². The van der Waals surface area contributed by atoms with Gasteiger partial charge in [-0.2, -0.15) is 0 Å². The molecule has 1 aromatic carbocycles. The summed E-state index contributed by atoms with van der Waals surface area (Å²) in [4.78, 5) is 6.33. The molecule has 0 radical (unpaired) electrons. The summed E-state index contributed by atoms with van der Waals surface area (Å²) in [5, 5.41) is 9.65. The van der Waals surface area contributed by atoms with Gasteiger partial charge in [-0.05, 0) is 36.6 Å². The average molecular weight is 270 g/mol. The van der Waals surface area contributed by atoms with E-state index in [1.807, 2.05) is 37.5 Å². The van der Waals surface area contributed by atoms with Gasteiger partial charge in [-0.25, -0.2) is 0 Å². The van der Waals surface area contributed by atoms with E-state index < -0.39 is 0 Å². The number of aromatic nitrogens is 1. The van der Waals surface area contributed by atoms with E-state index in [9.17, 15) is 5.11 Å². The number of aliphatic hydroxyl groups is 1. The molecule has 0 unspecified atom stereocenters. The summed E-state index contributed by atoms with van der Waals surface area (Å²) < 4.78 is 0. The number of benzene rings is 1. The van der Waals surface area contributed by atoms with Crippen molar-refractivity contribution >= 4 is 0 Å². The molecule has 0 aliphatic rings. The molecule has 0 aliphatic heterocycles. The Hall–Kier alpha value is -1.71. The van der Waals surface area contributed by atoms with Crippen LogP contribution in [0.1, 0.15) is 18.1 Å². The summed E-state index contributed by atoms with van der Waals surface area (Å²) >= 11 is 0. The summed E-state index contributed by atoms with van der Waals surface area (Å²) in [5.41, 5.74) is 2.56. The molecule has 0 saturated heterocycles. The van der Waals surface area contributed by atoms with Crippen molar-refractivity contribution in [1.82, 2.24) is 9.88 Å². The number of rotatable bonds is 7. The lowest BCUT2D eigenvalue weighted by molar-refractivity contribution is 0.123. The van der Waals surface area contributed by atoms with Crippen molar-refractivity contribution in [2.45, 2.75) is 26.0 Å². The highest BCUT2D eigenvalue weighted by Crippen LogP contribution is 2.07. The van der Waals surface area contributed by atoms with Crippen molar-refractivity contribution in [3.8, 4) is 0 Å². The Morgan fingerprint density at radius 1 is 1.05 bits per heavy atom. The Kier molecular flexibility index (Phi) is 5.71. The Balaban J connectivity index is 1.93. The first-order valence-corrected chi connectivity index (χ1v) is 7.07.